The Labute approximate surface area is 377 Å². The molecule has 0 spiro atoms. The van der Waals surface area contributed by atoms with E-state index >= 15 is 8.78 Å². The molecular formula is C48H56F2N10O5. The highest BCUT2D eigenvalue weighted by atomic mass is 19.1. The van der Waals surface area contributed by atoms with E-state index in [9.17, 15) is 19.2 Å². The van der Waals surface area contributed by atoms with E-state index in [4.69, 9.17) is 9.72 Å². The lowest BCUT2D eigenvalue weighted by atomic mass is 9.89. The summed E-state index contributed by atoms with van der Waals surface area (Å²) < 4.78 is 38.4. The highest BCUT2D eigenvalue weighted by Gasteiger charge is 2.35. The molecule has 342 valence electrons. The fourth-order valence-electron chi connectivity index (χ4n) is 10.1. The predicted molar refractivity (Wildman–Crippen MR) is 242 cm³/mol. The number of ether oxygens (including phenoxy) is 1. The van der Waals surface area contributed by atoms with Gasteiger partial charge in [0.1, 0.15) is 11.6 Å². The van der Waals surface area contributed by atoms with Crippen LogP contribution in [0.3, 0.4) is 0 Å². The lowest BCUT2D eigenvalue weighted by molar-refractivity contribution is -0.134. The quantitative estimate of drug-likeness (QED) is 0.210. The zero-order valence-corrected chi connectivity index (χ0v) is 37.4. The number of amides is 4. The summed E-state index contributed by atoms with van der Waals surface area (Å²) in [5.74, 6) is -2.45. The Bertz CT molecular complexity index is 2520. The minimum absolute atomic E-state index is 0.0503. The van der Waals surface area contributed by atoms with Crippen LogP contribution in [0.2, 0.25) is 0 Å². The van der Waals surface area contributed by atoms with Crippen molar-refractivity contribution in [2.75, 3.05) is 68.0 Å². The van der Waals surface area contributed by atoms with Crippen LogP contribution in [0.4, 0.5) is 25.8 Å². The van der Waals surface area contributed by atoms with E-state index in [-0.39, 0.29) is 36.3 Å². The molecule has 9 rings (SSSR count). The van der Waals surface area contributed by atoms with Gasteiger partial charge in [0.05, 0.1) is 41.4 Å². The highest BCUT2D eigenvalue weighted by Crippen LogP contribution is 2.37. The van der Waals surface area contributed by atoms with Crippen LogP contribution in [0.25, 0.3) is 11.3 Å². The number of rotatable bonds is 6. The normalized spacial score (nSPS) is 22.1. The van der Waals surface area contributed by atoms with Gasteiger partial charge in [0, 0.05) is 93.9 Å². The van der Waals surface area contributed by atoms with Crippen molar-refractivity contribution >= 4 is 46.7 Å². The van der Waals surface area contributed by atoms with Gasteiger partial charge >= 0.3 is 0 Å². The number of hydrogen-bond acceptors (Lipinski definition) is 11. The van der Waals surface area contributed by atoms with Gasteiger partial charge in [0.25, 0.3) is 11.8 Å². The number of fused-ring (bicyclic) bond motifs is 7. The molecule has 0 saturated carbocycles. The smallest absolute Gasteiger partial charge is 0.280 e. The number of carbonyl (C=O) groups is 4. The van der Waals surface area contributed by atoms with Crippen molar-refractivity contribution < 1.29 is 32.7 Å². The lowest BCUT2D eigenvalue weighted by Crippen LogP contribution is -2.47. The van der Waals surface area contributed by atoms with Gasteiger partial charge in [0.2, 0.25) is 23.7 Å². The second-order valence-corrected chi connectivity index (χ2v) is 18.4. The molecule has 0 aliphatic carbocycles. The average molecular weight is 891 g/mol. The number of hydrogen-bond donors (Lipinski definition) is 2. The first-order valence-corrected chi connectivity index (χ1v) is 22.8. The number of carbonyl (C=O) groups excluding carboxylic acids is 4. The minimum atomic E-state index is -1.02. The number of aryl methyl sites for hydroxylation is 2. The topological polar surface area (TPSA) is 158 Å². The number of aliphatic imine (C=N–C) groups is 1. The molecular weight excluding hydrogens is 835 g/mol. The minimum Gasteiger partial charge on any atom is -0.477 e. The molecule has 65 heavy (non-hydrogen) atoms. The molecule has 2 aromatic carbocycles. The Morgan fingerprint density at radius 3 is 2.43 bits per heavy atom. The van der Waals surface area contributed by atoms with E-state index in [1.54, 1.807) is 23.0 Å². The molecule has 2 N–H and O–H groups in total. The number of benzene rings is 2. The molecule has 5 aliphatic heterocycles. The van der Waals surface area contributed by atoms with Crippen LogP contribution in [0.5, 0.6) is 5.88 Å². The van der Waals surface area contributed by atoms with Crippen LogP contribution in [0.1, 0.15) is 96.2 Å². The van der Waals surface area contributed by atoms with Crippen molar-refractivity contribution in [2.45, 2.75) is 77.2 Å². The Morgan fingerprint density at radius 2 is 1.69 bits per heavy atom. The Kier molecular flexibility index (Phi) is 12.4. The maximum Gasteiger partial charge on any atom is 0.280 e. The van der Waals surface area contributed by atoms with Crippen molar-refractivity contribution in [3.8, 4) is 17.1 Å². The summed E-state index contributed by atoms with van der Waals surface area (Å²) >= 11 is 0. The first-order valence-electron chi connectivity index (χ1n) is 22.8. The zero-order valence-electron chi connectivity index (χ0n) is 37.4. The number of guanidine groups is 1. The molecule has 4 aromatic rings. The van der Waals surface area contributed by atoms with Gasteiger partial charge < -0.3 is 29.7 Å². The number of pyridine rings is 1. The van der Waals surface area contributed by atoms with Gasteiger partial charge in [-0.15, -0.1) is 0 Å². The van der Waals surface area contributed by atoms with Crippen molar-refractivity contribution in [1.82, 2.24) is 29.9 Å². The molecule has 0 unspecified atom stereocenters. The summed E-state index contributed by atoms with van der Waals surface area (Å²) in [6, 6.07) is 11.8. The molecule has 2 aromatic heterocycles. The first kappa shape index (κ1) is 44.0. The summed E-state index contributed by atoms with van der Waals surface area (Å²) in [4.78, 5) is 69.5. The van der Waals surface area contributed by atoms with Gasteiger partial charge in [-0.25, -0.2) is 13.5 Å². The molecule has 0 radical (unpaired) electrons. The molecule has 15 nitrogen and oxygen atoms in total. The Morgan fingerprint density at radius 1 is 0.938 bits per heavy atom. The first-order chi connectivity index (χ1) is 31.3. The summed E-state index contributed by atoms with van der Waals surface area (Å²) in [7, 11) is 3.71. The molecule has 5 aliphatic rings. The SMILES string of the molecule is Cc1cc2cc(n1)-c1cnn(C)c1OCCC[C@@H](C)CN1/C(=N/C2=O)Nc2ccc(C(=O)N(C)C3CCN(CC4CCN(c5cc(F)c([C@H]6CCC(=O)NC6=O)c(F)c5)CC4)CC3)cc21. The number of aromatic nitrogens is 3. The van der Waals surface area contributed by atoms with Crippen molar-refractivity contribution in [1.29, 1.82) is 0 Å². The largest absolute Gasteiger partial charge is 0.477 e. The molecule has 3 saturated heterocycles. The second-order valence-electron chi connectivity index (χ2n) is 18.4. The summed E-state index contributed by atoms with van der Waals surface area (Å²) in [5, 5.41) is 9.95. The number of nitrogens with zero attached hydrogens (tertiary/aromatic N) is 8. The van der Waals surface area contributed by atoms with Crippen LogP contribution in [0, 0.1) is 30.4 Å². The standard InChI is InChI=1S/C48H56F2N10O5/c1-28-6-5-19-65-47-36(25-51-57(47)4)40-21-32(20-29(2)52-40)44(62)55-48-53-39-9-7-31(22-41(39)60(48)26-28)46(64)56(3)33-13-15-58(16-14-33)27-30-11-17-59(18-12-30)34-23-37(49)43(38(50)24-34)35-8-10-42(61)54-45(35)63/h7,9,20-25,28,30,33,35H,5-6,8,10-19,26-27H2,1-4H3,(H,53,55,62)(H,54,61,63)/t28-,35-/m1/s1. The number of piperidine rings is 3. The highest BCUT2D eigenvalue weighted by molar-refractivity contribution is 6.19. The van der Waals surface area contributed by atoms with Crippen LogP contribution in [-0.4, -0.2) is 113 Å². The summed E-state index contributed by atoms with van der Waals surface area (Å²) in [6.45, 7) is 9.05. The number of nitrogens with one attached hydrogen (secondary N) is 2. The van der Waals surface area contributed by atoms with E-state index in [0.29, 0.717) is 77.8 Å². The lowest BCUT2D eigenvalue weighted by Gasteiger charge is -2.40. The van der Waals surface area contributed by atoms with Gasteiger partial charge in [-0.05, 0) is 106 Å². The number of anilines is 3. The van der Waals surface area contributed by atoms with Crippen LogP contribution in [-0.2, 0) is 16.6 Å². The van der Waals surface area contributed by atoms with Crippen molar-refractivity contribution in [3.05, 3.63) is 82.7 Å². The van der Waals surface area contributed by atoms with E-state index in [1.165, 1.54) is 12.1 Å². The van der Waals surface area contributed by atoms with Crippen molar-refractivity contribution in [2.24, 2.45) is 23.9 Å². The fourth-order valence-corrected chi connectivity index (χ4v) is 10.1. The maximum atomic E-state index is 15.3. The Balaban J connectivity index is 0.814. The van der Waals surface area contributed by atoms with Gasteiger partial charge in [0.15, 0.2) is 0 Å². The van der Waals surface area contributed by atoms with E-state index in [2.05, 4.69) is 32.5 Å². The molecule has 2 bridgehead atoms. The zero-order chi connectivity index (χ0) is 45.5. The molecule has 2 atom stereocenters. The van der Waals surface area contributed by atoms with Crippen molar-refractivity contribution in [3.63, 3.8) is 0 Å². The van der Waals surface area contributed by atoms with E-state index < -0.39 is 35.3 Å². The third-order valence-corrected chi connectivity index (χ3v) is 13.8. The van der Waals surface area contributed by atoms with Crippen LogP contribution < -0.4 is 25.2 Å². The number of likely N-dealkylation sites (tertiary alicyclic amines) is 1. The fraction of sp³-hybridized carbons (Fsp3) is 0.479. The van der Waals surface area contributed by atoms with Gasteiger partial charge in [-0.3, -0.25) is 29.5 Å². The summed E-state index contributed by atoms with van der Waals surface area (Å²) in [5.41, 5.74) is 4.70. The van der Waals surface area contributed by atoms with Crippen LogP contribution in [0.15, 0.2) is 53.7 Å². The molecule has 4 amide bonds. The Hall–Kier alpha value is -6.23. The monoisotopic (exact) mass is 890 g/mol. The van der Waals surface area contributed by atoms with E-state index in [0.717, 1.165) is 69.5 Å². The molecule has 7 heterocycles. The second kappa shape index (κ2) is 18.3. The van der Waals surface area contributed by atoms with Gasteiger partial charge in [-0.2, -0.15) is 10.1 Å². The van der Waals surface area contributed by atoms with Crippen LogP contribution >= 0.6 is 0 Å². The number of imide groups is 1. The maximum absolute atomic E-state index is 15.3. The summed E-state index contributed by atoms with van der Waals surface area (Å²) in [6.07, 6.45) is 6.95. The molecule has 17 heteroatoms. The number of halogens is 2. The predicted octanol–water partition coefficient (Wildman–Crippen LogP) is 6.28. The van der Waals surface area contributed by atoms with Gasteiger partial charge in [-0.1, -0.05) is 6.92 Å². The van der Waals surface area contributed by atoms with E-state index in [1.807, 2.05) is 53.9 Å². The third kappa shape index (κ3) is 9.20. The molecule has 3 fully saturated rings. The third-order valence-electron chi connectivity index (χ3n) is 13.8. The average Bonchev–Trinajstić information content (AvgIpc) is 3.82.